The summed E-state index contributed by atoms with van der Waals surface area (Å²) in [4.78, 5) is 25.8. The number of hydrogen-bond acceptors (Lipinski definition) is 3. The van der Waals surface area contributed by atoms with Gasteiger partial charge in [-0.2, -0.15) is 0 Å². The zero-order valence-corrected chi connectivity index (χ0v) is 11.9. The maximum Gasteiger partial charge on any atom is 0.322 e. The van der Waals surface area contributed by atoms with Crippen LogP contribution in [0.3, 0.4) is 0 Å². The molecule has 0 aliphatic carbocycles. The van der Waals surface area contributed by atoms with E-state index in [0.29, 0.717) is 19.5 Å². The Balaban J connectivity index is 1.64. The molecule has 3 amide bonds. The third-order valence-corrected chi connectivity index (χ3v) is 4.05. The van der Waals surface area contributed by atoms with Gasteiger partial charge in [0.2, 0.25) is 5.91 Å². The molecule has 3 atom stereocenters. The number of benzene rings is 1. The summed E-state index contributed by atoms with van der Waals surface area (Å²) >= 11 is 0. The molecular formula is C15H19N3O3. The second-order valence-electron chi connectivity index (χ2n) is 5.45. The summed E-state index contributed by atoms with van der Waals surface area (Å²) in [6.45, 7) is 0.982. The van der Waals surface area contributed by atoms with Crippen LogP contribution in [-0.2, 0) is 9.53 Å². The molecule has 2 N–H and O–H groups in total. The summed E-state index contributed by atoms with van der Waals surface area (Å²) in [5, 5.41) is 5.53. The van der Waals surface area contributed by atoms with Crippen LogP contribution in [-0.4, -0.2) is 49.2 Å². The Morgan fingerprint density at radius 2 is 2.00 bits per heavy atom. The molecule has 0 aromatic heterocycles. The first-order valence-corrected chi connectivity index (χ1v) is 7.15. The number of urea groups is 1. The number of rotatable bonds is 2. The minimum Gasteiger partial charge on any atom is -0.370 e. The number of nitrogens with one attached hydrogen (secondary N) is 2. The van der Waals surface area contributed by atoms with E-state index in [-0.39, 0.29) is 30.1 Å². The first-order chi connectivity index (χ1) is 10.2. The molecule has 0 saturated carbocycles. The summed E-state index contributed by atoms with van der Waals surface area (Å²) in [6, 6.07) is 9.21. The molecule has 21 heavy (non-hydrogen) atoms. The van der Waals surface area contributed by atoms with Crippen LogP contribution in [0.4, 0.5) is 10.5 Å². The number of carbonyl (C=O) groups is 2. The van der Waals surface area contributed by atoms with Gasteiger partial charge in [0.05, 0.1) is 18.1 Å². The van der Waals surface area contributed by atoms with Crippen molar-refractivity contribution < 1.29 is 14.3 Å². The molecule has 2 saturated heterocycles. The van der Waals surface area contributed by atoms with E-state index in [1.165, 1.54) is 0 Å². The zero-order valence-electron chi connectivity index (χ0n) is 11.9. The van der Waals surface area contributed by atoms with E-state index in [1.54, 1.807) is 11.9 Å². The van der Waals surface area contributed by atoms with Crippen LogP contribution < -0.4 is 10.6 Å². The number of morpholine rings is 1. The highest BCUT2D eigenvalue weighted by Crippen LogP contribution is 2.32. The van der Waals surface area contributed by atoms with Gasteiger partial charge in [-0.25, -0.2) is 4.79 Å². The number of likely N-dealkylation sites (tertiary alicyclic amines) is 1. The average molecular weight is 289 g/mol. The van der Waals surface area contributed by atoms with E-state index < -0.39 is 0 Å². The Labute approximate surface area is 123 Å². The normalized spacial score (nSPS) is 27.3. The summed E-state index contributed by atoms with van der Waals surface area (Å²) in [7, 11) is 1.63. The summed E-state index contributed by atoms with van der Waals surface area (Å²) in [5.41, 5.74) is 0.768. The van der Waals surface area contributed by atoms with Crippen molar-refractivity contribution in [2.45, 2.75) is 18.6 Å². The second kappa shape index (κ2) is 5.73. The van der Waals surface area contributed by atoms with Gasteiger partial charge in [0.25, 0.3) is 0 Å². The van der Waals surface area contributed by atoms with Crippen molar-refractivity contribution in [2.24, 2.45) is 5.92 Å². The van der Waals surface area contributed by atoms with Gasteiger partial charge in [0, 0.05) is 25.8 Å². The monoisotopic (exact) mass is 289 g/mol. The number of ether oxygens (including phenoxy) is 1. The Kier molecular flexibility index (Phi) is 3.79. The predicted octanol–water partition coefficient (Wildman–Crippen LogP) is 1.05. The molecule has 112 valence electrons. The molecule has 0 spiro atoms. The number of nitrogens with zero attached hydrogens (tertiary/aromatic N) is 1. The molecular weight excluding hydrogens is 270 g/mol. The fourth-order valence-electron chi connectivity index (χ4n) is 3.01. The molecule has 6 nitrogen and oxygen atoms in total. The van der Waals surface area contributed by atoms with Crippen LogP contribution in [0, 0.1) is 5.92 Å². The van der Waals surface area contributed by atoms with Gasteiger partial charge in [-0.05, 0) is 18.6 Å². The lowest BCUT2D eigenvalue weighted by molar-refractivity contribution is -0.127. The Hall–Kier alpha value is -2.08. The van der Waals surface area contributed by atoms with Crippen molar-refractivity contribution in [3.63, 3.8) is 0 Å². The van der Waals surface area contributed by atoms with Gasteiger partial charge in [-0.15, -0.1) is 0 Å². The molecule has 1 aromatic rings. The number of fused-ring (bicyclic) bond motifs is 2. The fourth-order valence-corrected chi connectivity index (χ4v) is 3.01. The lowest BCUT2D eigenvalue weighted by Crippen LogP contribution is -2.49. The highest BCUT2D eigenvalue weighted by atomic mass is 16.5. The van der Waals surface area contributed by atoms with Gasteiger partial charge in [-0.1, -0.05) is 18.2 Å². The number of anilines is 1. The standard InChI is InChI=1S/C15H19N3O3/c1-16-14(19)12-7-11-8-18(9-13(12)21-11)15(20)17-10-5-3-2-4-6-10/h2-6,11-13H,7-9H2,1H3,(H,16,19)(H,17,20)/t11-,12+,13-/m1/s1. The molecule has 2 aliphatic heterocycles. The number of carbonyl (C=O) groups excluding carboxylic acids is 2. The fraction of sp³-hybridized carbons (Fsp3) is 0.467. The Morgan fingerprint density at radius 1 is 1.24 bits per heavy atom. The van der Waals surface area contributed by atoms with Gasteiger partial charge < -0.3 is 20.3 Å². The average Bonchev–Trinajstić information content (AvgIpc) is 2.81. The smallest absolute Gasteiger partial charge is 0.322 e. The summed E-state index contributed by atoms with van der Waals surface area (Å²) in [5.74, 6) is -0.164. The van der Waals surface area contributed by atoms with Crippen molar-refractivity contribution >= 4 is 17.6 Å². The summed E-state index contributed by atoms with van der Waals surface area (Å²) in [6.07, 6.45) is 0.428. The first-order valence-electron chi connectivity index (χ1n) is 7.15. The van der Waals surface area contributed by atoms with Crippen molar-refractivity contribution in [1.82, 2.24) is 10.2 Å². The highest BCUT2D eigenvalue weighted by Gasteiger charge is 2.45. The Bertz CT molecular complexity index is 534. The van der Waals surface area contributed by atoms with Crippen LogP contribution in [0.5, 0.6) is 0 Å². The van der Waals surface area contributed by atoms with E-state index in [4.69, 9.17) is 4.74 Å². The van der Waals surface area contributed by atoms with Crippen molar-refractivity contribution in [1.29, 1.82) is 0 Å². The van der Waals surface area contributed by atoms with Crippen molar-refractivity contribution in [3.8, 4) is 0 Å². The van der Waals surface area contributed by atoms with Crippen molar-refractivity contribution in [2.75, 3.05) is 25.5 Å². The topological polar surface area (TPSA) is 70.7 Å². The van der Waals surface area contributed by atoms with Crippen LogP contribution in [0.2, 0.25) is 0 Å². The lowest BCUT2D eigenvalue weighted by Gasteiger charge is -2.32. The van der Waals surface area contributed by atoms with Gasteiger partial charge in [0.15, 0.2) is 0 Å². The zero-order chi connectivity index (χ0) is 14.8. The van der Waals surface area contributed by atoms with E-state index in [0.717, 1.165) is 5.69 Å². The van der Waals surface area contributed by atoms with Crippen LogP contribution >= 0.6 is 0 Å². The highest BCUT2D eigenvalue weighted by molar-refractivity contribution is 5.89. The maximum absolute atomic E-state index is 12.3. The largest absolute Gasteiger partial charge is 0.370 e. The third-order valence-electron chi connectivity index (χ3n) is 4.05. The van der Waals surface area contributed by atoms with Gasteiger partial charge >= 0.3 is 6.03 Å². The molecule has 3 rings (SSSR count). The molecule has 6 heteroatoms. The molecule has 0 unspecified atom stereocenters. The SMILES string of the molecule is CNC(=O)[C@H]1C[C@@H]2CN(C(=O)Nc3ccccc3)C[C@H]1O2. The van der Waals surface area contributed by atoms with Crippen molar-refractivity contribution in [3.05, 3.63) is 30.3 Å². The van der Waals surface area contributed by atoms with E-state index >= 15 is 0 Å². The maximum atomic E-state index is 12.3. The Morgan fingerprint density at radius 3 is 2.71 bits per heavy atom. The molecule has 0 radical (unpaired) electrons. The quantitative estimate of drug-likeness (QED) is 0.855. The molecule has 2 aliphatic rings. The van der Waals surface area contributed by atoms with E-state index in [9.17, 15) is 9.59 Å². The van der Waals surface area contributed by atoms with E-state index in [2.05, 4.69) is 10.6 Å². The lowest BCUT2D eigenvalue weighted by atomic mass is 10.00. The second-order valence-corrected chi connectivity index (χ2v) is 5.45. The number of hydrogen-bond donors (Lipinski definition) is 2. The van der Waals surface area contributed by atoms with Crippen LogP contribution in [0.1, 0.15) is 6.42 Å². The molecule has 1 aromatic carbocycles. The van der Waals surface area contributed by atoms with Gasteiger partial charge in [-0.3, -0.25) is 4.79 Å². The molecule has 2 bridgehead atoms. The third kappa shape index (κ3) is 2.85. The minimum atomic E-state index is -0.203. The predicted molar refractivity (Wildman–Crippen MR) is 77.9 cm³/mol. The first kappa shape index (κ1) is 13.9. The number of amides is 3. The molecule has 2 fully saturated rings. The van der Waals surface area contributed by atoms with Gasteiger partial charge in [0.1, 0.15) is 0 Å². The van der Waals surface area contributed by atoms with E-state index in [1.807, 2.05) is 30.3 Å². The minimum absolute atomic E-state index is 0.00665. The van der Waals surface area contributed by atoms with Crippen LogP contribution in [0.25, 0.3) is 0 Å². The van der Waals surface area contributed by atoms with Crippen LogP contribution in [0.15, 0.2) is 30.3 Å². The number of para-hydroxylation sites is 1. The molecule has 2 heterocycles. The summed E-state index contributed by atoms with van der Waals surface area (Å²) < 4.78 is 5.78.